The number of hydrogen-bond donors (Lipinski definition) is 3. The summed E-state index contributed by atoms with van der Waals surface area (Å²) in [6, 6.07) is 11.6. The molecule has 1 heterocycles. The molecule has 4 N–H and O–H groups in total. The Balaban J connectivity index is 1.76. The van der Waals surface area contributed by atoms with Crippen LogP contribution in [0.5, 0.6) is 5.75 Å². The van der Waals surface area contributed by atoms with E-state index < -0.39 is 47.3 Å². The number of carbonyl (C=O) groups is 2. The fourth-order valence-corrected chi connectivity index (χ4v) is 3.39. The van der Waals surface area contributed by atoms with Gasteiger partial charge < -0.3 is 20.9 Å². The zero-order chi connectivity index (χ0) is 24.1. The predicted molar refractivity (Wildman–Crippen MR) is 117 cm³/mol. The van der Waals surface area contributed by atoms with Gasteiger partial charge in [-0.3, -0.25) is 4.79 Å². The van der Waals surface area contributed by atoms with Crippen molar-refractivity contribution >= 4 is 17.6 Å². The van der Waals surface area contributed by atoms with Gasteiger partial charge in [0.05, 0.1) is 5.69 Å². The first-order valence-electron chi connectivity index (χ1n) is 10.1. The van der Waals surface area contributed by atoms with Crippen LogP contribution in [0.1, 0.15) is 41.4 Å². The highest BCUT2D eigenvalue weighted by molar-refractivity contribution is 5.98. The fraction of sp³-hybridized carbons (Fsp3) is 0.208. The topological polar surface area (TPSA) is 115 Å². The second-order valence-corrected chi connectivity index (χ2v) is 7.52. The van der Waals surface area contributed by atoms with E-state index in [1.807, 2.05) is 0 Å². The number of nitrogens with two attached hydrogens (primary N) is 1. The Bertz CT molecular complexity index is 1090. The van der Waals surface area contributed by atoms with Crippen molar-refractivity contribution in [2.24, 2.45) is 0 Å². The summed E-state index contributed by atoms with van der Waals surface area (Å²) >= 11 is 0. The van der Waals surface area contributed by atoms with Gasteiger partial charge in [0.1, 0.15) is 23.8 Å². The summed E-state index contributed by atoms with van der Waals surface area (Å²) in [6.07, 6.45) is 0.511. The van der Waals surface area contributed by atoms with Gasteiger partial charge in [0.15, 0.2) is 11.4 Å². The van der Waals surface area contributed by atoms with Crippen LogP contribution >= 0.6 is 0 Å². The van der Waals surface area contributed by atoms with E-state index in [0.717, 1.165) is 0 Å². The van der Waals surface area contributed by atoms with Gasteiger partial charge in [0, 0.05) is 12.1 Å². The summed E-state index contributed by atoms with van der Waals surface area (Å²) < 4.78 is 32.4. The Morgan fingerprint density at radius 1 is 0.970 bits per heavy atom. The van der Waals surface area contributed by atoms with Crippen molar-refractivity contribution in [3.05, 3.63) is 89.2 Å². The van der Waals surface area contributed by atoms with Gasteiger partial charge in [-0.05, 0) is 55.3 Å². The highest BCUT2D eigenvalue weighted by Gasteiger charge is 2.28. The smallest absolute Gasteiger partial charge is 0.328 e. The van der Waals surface area contributed by atoms with E-state index in [4.69, 9.17) is 10.5 Å². The zero-order valence-corrected chi connectivity index (χ0v) is 18.0. The van der Waals surface area contributed by atoms with E-state index in [-0.39, 0.29) is 11.4 Å². The number of amides is 1. The number of aromatic hydroxyl groups is 1. The molecule has 9 heteroatoms. The van der Waals surface area contributed by atoms with E-state index >= 15 is 0 Å². The van der Waals surface area contributed by atoms with Crippen LogP contribution < -0.4 is 11.1 Å². The third-order valence-corrected chi connectivity index (χ3v) is 5.10. The largest absolute Gasteiger partial charge is 0.504 e. The molecular weight excluding hydrogens is 432 g/mol. The van der Waals surface area contributed by atoms with Crippen LogP contribution in [0.15, 0.2) is 60.8 Å². The highest BCUT2D eigenvalue weighted by Crippen LogP contribution is 2.30. The van der Waals surface area contributed by atoms with Crippen LogP contribution in [0.4, 0.5) is 14.5 Å². The quantitative estimate of drug-likeness (QED) is 0.470. The van der Waals surface area contributed by atoms with Gasteiger partial charge >= 0.3 is 5.97 Å². The number of pyridine rings is 1. The monoisotopic (exact) mass is 455 g/mol. The van der Waals surface area contributed by atoms with E-state index in [2.05, 4.69) is 10.3 Å². The van der Waals surface area contributed by atoms with Crippen molar-refractivity contribution in [1.82, 2.24) is 10.3 Å². The molecule has 172 valence electrons. The third-order valence-electron chi connectivity index (χ3n) is 5.10. The Morgan fingerprint density at radius 3 is 2.00 bits per heavy atom. The van der Waals surface area contributed by atoms with E-state index in [1.54, 1.807) is 31.2 Å². The Labute approximate surface area is 189 Å². The van der Waals surface area contributed by atoms with Crippen LogP contribution in [0.25, 0.3) is 0 Å². The number of carbonyl (C=O) groups excluding carboxylic acids is 2. The van der Waals surface area contributed by atoms with Crippen LogP contribution in [0.2, 0.25) is 0 Å². The lowest BCUT2D eigenvalue weighted by molar-refractivity contribution is -0.150. The van der Waals surface area contributed by atoms with Gasteiger partial charge in [-0.25, -0.2) is 18.6 Å². The fourth-order valence-electron chi connectivity index (χ4n) is 3.39. The van der Waals surface area contributed by atoms with Gasteiger partial charge in [-0.15, -0.1) is 0 Å². The summed E-state index contributed by atoms with van der Waals surface area (Å²) in [7, 11) is 0. The van der Waals surface area contributed by atoms with Crippen LogP contribution in [-0.4, -0.2) is 34.1 Å². The number of anilines is 1. The first kappa shape index (κ1) is 23.6. The minimum Gasteiger partial charge on any atom is -0.504 e. The number of halogens is 2. The third kappa shape index (κ3) is 5.62. The number of nitrogens with one attached hydrogen (secondary N) is 1. The van der Waals surface area contributed by atoms with Crippen molar-refractivity contribution < 1.29 is 28.2 Å². The molecule has 0 spiro atoms. The average molecular weight is 455 g/mol. The molecular formula is C24H23F2N3O4. The molecule has 2 aromatic carbocycles. The van der Waals surface area contributed by atoms with Crippen molar-refractivity contribution in [2.75, 3.05) is 5.73 Å². The molecule has 0 aliphatic carbocycles. The molecule has 0 aliphatic rings. The Kier molecular flexibility index (Phi) is 7.22. The van der Waals surface area contributed by atoms with Crippen LogP contribution in [-0.2, 0) is 9.53 Å². The van der Waals surface area contributed by atoms with Gasteiger partial charge in [0.2, 0.25) is 0 Å². The lowest BCUT2D eigenvalue weighted by Crippen LogP contribution is -2.41. The summed E-state index contributed by atoms with van der Waals surface area (Å²) in [5.74, 6) is -3.39. The molecule has 0 saturated carbocycles. The molecule has 3 aromatic rings. The van der Waals surface area contributed by atoms with Crippen molar-refractivity contribution in [1.29, 1.82) is 0 Å². The molecule has 3 rings (SSSR count). The highest BCUT2D eigenvalue weighted by atomic mass is 19.1. The summed E-state index contributed by atoms with van der Waals surface area (Å²) in [4.78, 5) is 28.9. The second-order valence-electron chi connectivity index (χ2n) is 7.52. The standard InChI is InChI=1S/C24H23F2N3O4/c1-13(29-23(31)21-22(30)19(27)11-12-28-21)24(32)33-14(2)20(15-3-7-17(25)8-4-15)16-5-9-18(26)10-6-16/h3-14,20,30H,1-2H3,(H2,27,28)(H,29,31). The Morgan fingerprint density at radius 2 is 1.48 bits per heavy atom. The molecule has 0 radical (unpaired) electrons. The lowest BCUT2D eigenvalue weighted by atomic mass is 9.87. The maximum atomic E-state index is 13.4. The molecule has 1 aromatic heterocycles. The van der Waals surface area contributed by atoms with Crippen molar-refractivity contribution in [3.8, 4) is 5.75 Å². The molecule has 7 nitrogen and oxygen atoms in total. The number of nitrogens with zero attached hydrogens (tertiary/aromatic N) is 1. The average Bonchev–Trinajstić information content (AvgIpc) is 2.78. The molecule has 2 atom stereocenters. The Hall–Kier alpha value is -4.01. The second kappa shape index (κ2) is 10.1. The molecule has 0 fully saturated rings. The summed E-state index contributed by atoms with van der Waals surface area (Å²) in [6.45, 7) is 3.07. The van der Waals surface area contributed by atoms with E-state index in [1.165, 1.54) is 43.5 Å². The minimum atomic E-state index is -1.08. The minimum absolute atomic E-state index is 0.0274. The van der Waals surface area contributed by atoms with E-state index in [0.29, 0.717) is 11.1 Å². The molecule has 1 amide bonds. The number of rotatable bonds is 7. The number of aromatic nitrogens is 1. The van der Waals surface area contributed by atoms with Gasteiger partial charge in [-0.1, -0.05) is 24.3 Å². The SMILES string of the molecule is CC(NC(=O)c1nccc(N)c1O)C(=O)OC(C)C(c1ccc(F)cc1)c1ccc(F)cc1. The number of ether oxygens (including phenoxy) is 1. The molecule has 0 saturated heterocycles. The van der Waals surface area contributed by atoms with Gasteiger partial charge in [0.25, 0.3) is 5.91 Å². The number of benzene rings is 2. The lowest BCUT2D eigenvalue weighted by Gasteiger charge is -2.26. The van der Waals surface area contributed by atoms with Gasteiger partial charge in [-0.2, -0.15) is 0 Å². The molecule has 33 heavy (non-hydrogen) atoms. The first-order valence-corrected chi connectivity index (χ1v) is 10.1. The normalized spacial score (nSPS) is 12.8. The number of esters is 1. The summed E-state index contributed by atoms with van der Waals surface area (Å²) in [5, 5.41) is 12.3. The number of hydrogen-bond acceptors (Lipinski definition) is 6. The molecule has 0 bridgehead atoms. The summed E-state index contributed by atoms with van der Waals surface area (Å²) in [5.41, 5.74) is 6.54. The first-order chi connectivity index (χ1) is 15.7. The molecule has 0 aliphatic heterocycles. The van der Waals surface area contributed by atoms with Crippen LogP contribution in [0, 0.1) is 11.6 Å². The predicted octanol–water partition coefficient (Wildman–Crippen LogP) is 3.53. The molecule has 2 unspecified atom stereocenters. The zero-order valence-electron chi connectivity index (χ0n) is 18.0. The maximum absolute atomic E-state index is 13.4. The van der Waals surface area contributed by atoms with Crippen molar-refractivity contribution in [2.45, 2.75) is 31.9 Å². The maximum Gasteiger partial charge on any atom is 0.328 e. The van der Waals surface area contributed by atoms with Crippen molar-refractivity contribution in [3.63, 3.8) is 0 Å². The van der Waals surface area contributed by atoms with E-state index in [9.17, 15) is 23.5 Å². The van der Waals surface area contributed by atoms with Crippen LogP contribution in [0.3, 0.4) is 0 Å². The number of nitrogen functional groups attached to an aromatic ring is 1.